The van der Waals surface area contributed by atoms with E-state index in [0.717, 1.165) is 24.7 Å². The summed E-state index contributed by atoms with van der Waals surface area (Å²) in [7, 11) is 5.48. The van der Waals surface area contributed by atoms with Gasteiger partial charge in [0.2, 0.25) is 0 Å². The maximum Gasteiger partial charge on any atom is 0.162 e. The second kappa shape index (κ2) is 24.2. The van der Waals surface area contributed by atoms with E-state index in [1.54, 1.807) is 0 Å². The van der Waals surface area contributed by atoms with Crippen molar-refractivity contribution in [2.24, 2.45) is 0 Å². The van der Waals surface area contributed by atoms with Gasteiger partial charge in [-0.15, -0.1) is 0 Å². The monoisotopic (exact) mass is 500 g/mol. The highest BCUT2D eigenvalue weighted by atomic mass is 19.2. The average molecular weight is 501 g/mol. The molecule has 0 amide bonds. The molecule has 0 bridgehead atoms. The van der Waals surface area contributed by atoms with E-state index in [-0.39, 0.29) is 11.1 Å². The van der Waals surface area contributed by atoms with Crippen LogP contribution in [-0.4, -0.2) is 7.85 Å². The summed E-state index contributed by atoms with van der Waals surface area (Å²) in [6, 6.07) is 17.3. The van der Waals surface area contributed by atoms with E-state index in [4.69, 9.17) is 7.85 Å². The van der Waals surface area contributed by atoms with Crippen LogP contribution in [0.3, 0.4) is 0 Å². The summed E-state index contributed by atoms with van der Waals surface area (Å²) < 4.78 is 37.6. The number of aryl methyl sites for hydroxylation is 3. The van der Waals surface area contributed by atoms with Crippen LogP contribution in [0.4, 0.5) is 13.2 Å². The van der Waals surface area contributed by atoms with Crippen LogP contribution in [-0.2, 0) is 19.3 Å². The third kappa shape index (κ3) is 15.5. The van der Waals surface area contributed by atoms with Crippen LogP contribution in [0, 0.1) is 31.3 Å². The Morgan fingerprint density at radius 3 is 1.14 bits per heavy atom. The molecule has 0 saturated heterocycles. The second-order valence-electron chi connectivity index (χ2n) is 7.02. The predicted octanol–water partition coefficient (Wildman–Crippen LogP) is 9.65. The van der Waals surface area contributed by atoms with Gasteiger partial charge < -0.3 is 0 Å². The first-order valence-corrected chi connectivity index (χ1v) is 13.3. The molecule has 3 aromatic rings. The van der Waals surface area contributed by atoms with Gasteiger partial charge in [0.15, 0.2) is 11.6 Å². The first-order valence-electron chi connectivity index (χ1n) is 13.3. The van der Waals surface area contributed by atoms with Gasteiger partial charge in [-0.3, -0.25) is 0 Å². The molecule has 3 aromatic carbocycles. The molecule has 0 N–H and O–H groups in total. The fraction of sp³-hybridized carbons (Fsp3) is 0.438. The van der Waals surface area contributed by atoms with Crippen molar-refractivity contribution in [1.29, 1.82) is 0 Å². The van der Waals surface area contributed by atoms with Crippen LogP contribution >= 0.6 is 0 Å². The second-order valence-corrected chi connectivity index (χ2v) is 7.02. The average Bonchev–Trinajstić information content (AvgIpc) is 2.95. The predicted molar refractivity (Wildman–Crippen MR) is 156 cm³/mol. The van der Waals surface area contributed by atoms with E-state index in [2.05, 4.69) is 57.2 Å². The van der Waals surface area contributed by atoms with Crippen molar-refractivity contribution in [2.45, 2.75) is 95.4 Å². The Kier molecular flexibility index (Phi) is 25.6. The van der Waals surface area contributed by atoms with Gasteiger partial charge in [0.1, 0.15) is 13.7 Å². The van der Waals surface area contributed by atoms with Gasteiger partial charge in [-0.25, -0.2) is 13.2 Å². The fourth-order valence-corrected chi connectivity index (χ4v) is 2.57. The smallest absolute Gasteiger partial charge is 0.162 e. The molecule has 0 saturated carbocycles. The normalized spacial score (nSPS) is 8.72. The molecular weight excluding hydrogens is 452 g/mol. The highest BCUT2D eigenvalue weighted by molar-refractivity contribution is 6.32. The van der Waals surface area contributed by atoms with E-state index in [1.807, 2.05) is 53.7 Å². The zero-order chi connectivity index (χ0) is 28.7. The quantitative estimate of drug-likeness (QED) is 0.248. The van der Waals surface area contributed by atoms with E-state index < -0.39 is 17.5 Å². The van der Waals surface area contributed by atoms with Gasteiger partial charge in [-0.2, -0.15) is 0 Å². The molecule has 0 spiro atoms. The molecule has 0 fully saturated rings. The molecular formula is C32H48BF3. The number of hydrogen-bond donors (Lipinski definition) is 0. The molecule has 0 atom stereocenters. The summed E-state index contributed by atoms with van der Waals surface area (Å²) in [5, 5.41) is 0. The summed E-state index contributed by atoms with van der Waals surface area (Å²) in [6.07, 6.45) is 3.37. The van der Waals surface area contributed by atoms with Crippen molar-refractivity contribution in [2.75, 3.05) is 0 Å². The van der Waals surface area contributed by atoms with Crippen LogP contribution < -0.4 is 5.46 Å². The summed E-state index contributed by atoms with van der Waals surface area (Å²) in [4.78, 5) is 0. The van der Waals surface area contributed by atoms with Crippen molar-refractivity contribution in [3.05, 3.63) is 99.9 Å². The molecule has 0 nitrogen and oxygen atoms in total. The van der Waals surface area contributed by atoms with Gasteiger partial charge in [-0.05, 0) is 60.9 Å². The Labute approximate surface area is 221 Å². The third-order valence-electron chi connectivity index (χ3n) is 4.94. The van der Waals surface area contributed by atoms with Gasteiger partial charge in [-0.1, -0.05) is 116 Å². The Bertz CT molecular complexity index is 853. The van der Waals surface area contributed by atoms with Crippen LogP contribution in [0.25, 0.3) is 0 Å². The molecule has 2 radical (unpaired) electrons. The van der Waals surface area contributed by atoms with E-state index in [9.17, 15) is 13.2 Å². The minimum Gasteiger partial charge on any atom is -0.207 e. The van der Waals surface area contributed by atoms with Gasteiger partial charge >= 0.3 is 0 Å². The fourth-order valence-electron chi connectivity index (χ4n) is 2.57. The Morgan fingerprint density at radius 1 is 0.528 bits per heavy atom. The van der Waals surface area contributed by atoms with Crippen LogP contribution in [0.5, 0.6) is 0 Å². The van der Waals surface area contributed by atoms with Gasteiger partial charge in [0.25, 0.3) is 0 Å². The molecule has 4 heteroatoms. The van der Waals surface area contributed by atoms with E-state index >= 15 is 0 Å². The highest BCUT2D eigenvalue weighted by Crippen LogP contribution is 2.18. The Hall–Kier alpha value is -2.49. The summed E-state index contributed by atoms with van der Waals surface area (Å²) in [6.45, 7) is 21.2. The number of halogens is 3. The third-order valence-corrected chi connectivity index (χ3v) is 4.94. The minimum absolute atomic E-state index is 0.0301. The molecule has 36 heavy (non-hydrogen) atoms. The lowest BCUT2D eigenvalue weighted by molar-refractivity contribution is 0.486. The topological polar surface area (TPSA) is 0 Å². The molecule has 0 aliphatic rings. The zero-order valence-corrected chi connectivity index (χ0v) is 24.5. The largest absolute Gasteiger partial charge is 0.207 e. The number of hydrogen-bond acceptors (Lipinski definition) is 0. The minimum atomic E-state index is -1.13. The zero-order valence-electron chi connectivity index (χ0n) is 24.5. The maximum atomic E-state index is 12.6. The molecule has 0 aliphatic carbocycles. The first-order chi connectivity index (χ1) is 17.2. The molecule has 3 rings (SSSR count). The number of benzene rings is 3. The standard InChI is InChI=1S/C10H14.C8H9B.C8H7F3.3C2H6/c1-3-9-5-7-10(4-2)8-6-9;1-2-7-3-5-8(9)6-4-7;1-4-5(2)8(11)7(10)3-6(4)9;3*1-2/h5-8H,3-4H2,1-2H3;3-6H,2H2,1H3;3H,1-2H3;3*1-2H3. The summed E-state index contributed by atoms with van der Waals surface area (Å²) in [5.41, 5.74) is 5.22. The number of rotatable bonds is 3. The molecule has 0 aliphatic heterocycles. The summed E-state index contributed by atoms with van der Waals surface area (Å²) >= 11 is 0. The molecule has 200 valence electrons. The van der Waals surface area contributed by atoms with Crippen molar-refractivity contribution in [3.8, 4) is 0 Å². The lowest BCUT2D eigenvalue weighted by Gasteiger charge is -2.02. The van der Waals surface area contributed by atoms with Crippen molar-refractivity contribution in [3.63, 3.8) is 0 Å². The first kappa shape index (κ1) is 38.1. The van der Waals surface area contributed by atoms with Gasteiger partial charge in [0.05, 0.1) is 0 Å². The SMILES string of the molecule is CC.CC.CC.CCc1ccc(CC)cc1.Cc1c(F)cc(F)c(F)c1C.[B]c1ccc(CC)cc1. The van der Waals surface area contributed by atoms with Crippen molar-refractivity contribution in [1.82, 2.24) is 0 Å². The maximum absolute atomic E-state index is 12.6. The molecule has 0 aromatic heterocycles. The lowest BCUT2D eigenvalue weighted by Crippen LogP contribution is -1.99. The summed E-state index contributed by atoms with van der Waals surface area (Å²) in [5.74, 6) is -2.81. The highest BCUT2D eigenvalue weighted by Gasteiger charge is 2.11. The van der Waals surface area contributed by atoms with E-state index in [0.29, 0.717) is 6.07 Å². The van der Waals surface area contributed by atoms with Crippen molar-refractivity contribution >= 4 is 13.3 Å². The lowest BCUT2D eigenvalue weighted by atomic mass is 9.95. The van der Waals surface area contributed by atoms with Crippen molar-refractivity contribution < 1.29 is 13.2 Å². The molecule has 0 heterocycles. The van der Waals surface area contributed by atoms with Crippen LogP contribution in [0.1, 0.15) is 90.1 Å². The van der Waals surface area contributed by atoms with Crippen LogP contribution in [0.2, 0.25) is 0 Å². The van der Waals surface area contributed by atoms with Crippen LogP contribution in [0.15, 0.2) is 54.6 Å². The molecule has 0 unspecified atom stereocenters. The van der Waals surface area contributed by atoms with E-state index in [1.165, 1.54) is 30.5 Å². The Morgan fingerprint density at radius 2 is 0.833 bits per heavy atom. The van der Waals surface area contributed by atoms with Gasteiger partial charge in [0, 0.05) is 6.07 Å². The Balaban J connectivity index is -0.000000411.